The number of ether oxygens (including phenoxy) is 1. The number of benzene rings is 1. The van der Waals surface area contributed by atoms with E-state index in [1.165, 1.54) is 11.0 Å². The predicted molar refractivity (Wildman–Crippen MR) is 107 cm³/mol. The number of anilines is 1. The molecule has 0 aliphatic carbocycles. The van der Waals surface area contributed by atoms with Crippen LogP contribution in [0.4, 0.5) is 10.1 Å². The fourth-order valence-corrected chi connectivity index (χ4v) is 4.26. The summed E-state index contributed by atoms with van der Waals surface area (Å²) < 4.78 is 19.4. The van der Waals surface area contributed by atoms with Crippen molar-refractivity contribution in [1.82, 2.24) is 14.7 Å². The Kier molecular flexibility index (Phi) is 6.29. The first kappa shape index (κ1) is 20.7. The van der Waals surface area contributed by atoms with Crippen LogP contribution in [-0.2, 0) is 19.1 Å². The minimum atomic E-state index is -0.479. The molecule has 0 spiro atoms. The minimum Gasteiger partial charge on any atom is -0.379 e. The molecule has 0 aromatic heterocycles. The summed E-state index contributed by atoms with van der Waals surface area (Å²) >= 11 is 0. The summed E-state index contributed by atoms with van der Waals surface area (Å²) in [5.74, 6) is -1.20. The van der Waals surface area contributed by atoms with Crippen molar-refractivity contribution in [2.75, 3.05) is 70.5 Å². The molecule has 0 radical (unpaired) electrons. The fourth-order valence-electron chi connectivity index (χ4n) is 4.26. The Labute approximate surface area is 175 Å². The maximum absolute atomic E-state index is 14.0. The third-order valence-electron chi connectivity index (χ3n) is 6.02. The van der Waals surface area contributed by atoms with Crippen molar-refractivity contribution in [3.8, 4) is 0 Å². The molecular weight excluding hydrogens is 391 g/mol. The molecule has 9 heteroatoms. The van der Waals surface area contributed by atoms with Gasteiger partial charge in [-0.1, -0.05) is 12.1 Å². The molecule has 0 bridgehead atoms. The number of para-hydroxylation sites is 1. The van der Waals surface area contributed by atoms with Crippen LogP contribution in [0.1, 0.15) is 6.42 Å². The Morgan fingerprint density at radius 3 is 2.37 bits per heavy atom. The van der Waals surface area contributed by atoms with Crippen LogP contribution in [0.5, 0.6) is 0 Å². The molecule has 1 atom stereocenters. The molecule has 0 saturated carbocycles. The number of morpholine rings is 1. The molecule has 3 aliphatic heterocycles. The van der Waals surface area contributed by atoms with Gasteiger partial charge < -0.3 is 19.4 Å². The zero-order valence-electron chi connectivity index (χ0n) is 17.0. The molecule has 3 heterocycles. The summed E-state index contributed by atoms with van der Waals surface area (Å²) in [7, 11) is 0. The molecule has 3 amide bonds. The smallest absolute Gasteiger partial charge is 0.236 e. The molecule has 4 rings (SSSR count). The van der Waals surface area contributed by atoms with E-state index in [-0.39, 0.29) is 36.4 Å². The molecule has 8 nitrogen and oxygen atoms in total. The normalized spacial score (nSPS) is 23.2. The van der Waals surface area contributed by atoms with Gasteiger partial charge in [0.25, 0.3) is 0 Å². The van der Waals surface area contributed by atoms with Crippen LogP contribution in [0.2, 0.25) is 0 Å². The lowest BCUT2D eigenvalue weighted by atomic mass is 10.1. The lowest BCUT2D eigenvalue weighted by Crippen LogP contribution is -2.54. The van der Waals surface area contributed by atoms with E-state index < -0.39 is 11.7 Å². The Morgan fingerprint density at radius 2 is 1.67 bits per heavy atom. The highest BCUT2D eigenvalue weighted by Crippen LogP contribution is 2.28. The van der Waals surface area contributed by atoms with Gasteiger partial charge in [0.15, 0.2) is 0 Å². The van der Waals surface area contributed by atoms with Gasteiger partial charge in [-0.3, -0.25) is 19.3 Å². The van der Waals surface area contributed by atoms with Gasteiger partial charge in [0.2, 0.25) is 17.7 Å². The van der Waals surface area contributed by atoms with Crippen molar-refractivity contribution in [3.05, 3.63) is 30.1 Å². The van der Waals surface area contributed by atoms with Crippen LogP contribution >= 0.6 is 0 Å². The first-order valence-corrected chi connectivity index (χ1v) is 10.4. The summed E-state index contributed by atoms with van der Waals surface area (Å²) in [5.41, 5.74) is 0.219. The lowest BCUT2D eigenvalue weighted by molar-refractivity contribution is -0.142. The summed E-state index contributed by atoms with van der Waals surface area (Å²) in [6.07, 6.45) is 0.0867. The standard InChI is InChI=1S/C21H27FN4O4/c22-17-3-1-2-4-18(17)26-14-16(13-19(26)27)21(29)25-7-5-24(6-8-25)20(28)15-23-9-11-30-12-10-23/h1-4,16H,5-15H2. The van der Waals surface area contributed by atoms with Gasteiger partial charge in [-0.25, -0.2) is 4.39 Å². The first-order valence-electron chi connectivity index (χ1n) is 10.4. The average Bonchev–Trinajstić information content (AvgIpc) is 3.15. The van der Waals surface area contributed by atoms with Gasteiger partial charge in [-0.05, 0) is 12.1 Å². The number of halogens is 1. The number of carbonyl (C=O) groups excluding carboxylic acids is 3. The minimum absolute atomic E-state index is 0.0748. The van der Waals surface area contributed by atoms with Crippen LogP contribution in [0.25, 0.3) is 0 Å². The fraction of sp³-hybridized carbons (Fsp3) is 0.571. The van der Waals surface area contributed by atoms with Crippen LogP contribution in [-0.4, -0.2) is 98.0 Å². The van der Waals surface area contributed by atoms with Crippen molar-refractivity contribution >= 4 is 23.4 Å². The predicted octanol–water partition coefficient (Wildman–Crippen LogP) is 0.182. The van der Waals surface area contributed by atoms with Crippen molar-refractivity contribution in [2.24, 2.45) is 5.92 Å². The maximum atomic E-state index is 14.0. The van der Waals surface area contributed by atoms with E-state index in [0.29, 0.717) is 45.9 Å². The van der Waals surface area contributed by atoms with E-state index in [4.69, 9.17) is 4.74 Å². The highest BCUT2D eigenvalue weighted by atomic mass is 19.1. The molecule has 3 aliphatic rings. The molecule has 0 N–H and O–H groups in total. The lowest BCUT2D eigenvalue weighted by Gasteiger charge is -2.37. The summed E-state index contributed by atoms with van der Waals surface area (Å²) in [4.78, 5) is 44.8. The van der Waals surface area contributed by atoms with Crippen molar-refractivity contribution in [2.45, 2.75) is 6.42 Å². The Hall–Kier alpha value is -2.52. The average molecular weight is 418 g/mol. The van der Waals surface area contributed by atoms with E-state index in [0.717, 1.165) is 13.1 Å². The molecule has 1 aromatic carbocycles. The highest BCUT2D eigenvalue weighted by molar-refractivity contribution is 6.00. The number of nitrogens with zero attached hydrogens (tertiary/aromatic N) is 4. The Morgan fingerprint density at radius 1 is 1.00 bits per heavy atom. The zero-order valence-corrected chi connectivity index (χ0v) is 17.0. The molecule has 1 aromatic rings. The van der Waals surface area contributed by atoms with E-state index in [2.05, 4.69) is 4.90 Å². The SMILES string of the molecule is O=C(CN1CCOCC1)N1CCN(C(=O)C2CC(=O)N(c3ccccc3F)C2)CC1. The van der Waals surface area contributed by atoms with Crippen LogP contribution in [0.3, 0.4) is 0 Å². The van der Waals surface area contributed by atoms with Gasteiger partial charge in [-0.15, -0.1) is 0 Å². The zero-order chi connectivity index (χ0) is 21.1. The van der Waals surface area contributed by atoms with Gasteiger partial charge in [0.1, 0.15) is 5.82 Å². The Balaban J connectivity index is 1.29. The van der Waals surface area contributed by atoms with E-state index >= 15 is 0 Å². The van der Waals surface area contributed by atoms with Gasteiger partial charge in [0.05, 0.1) is 31.4 Å². The molecule has 30 heavy (non-hydrogen) atoms. The third kappa shape index (κ3) is 4.46. The second-order valence-electron chi connectivity index (χ2n) is 7.95. The summed E-state index contributed by atoms with van der Waals surface area (Å²) in [6.45, 7) is 5.30. The van der Waals surface area contributed by atoms with Gasteiger partial charge in [0, 0.05) is 52.2 Å². The van der Waals surface area contributed by atoms with Crippen LogP contribution < -0.4 is 4.90 Å². The second-order valence-corrected chi connectivity index (χ2v) is 7.95. The highest BCUT2D eigenvalue weighted by Gasteiger charge is 2.39. The summed E-state index contributed by atoms with van der Waals surface area (Å²) in [5, 5.41) is 0. The van der Waals surface area contributed by atoms with Crippen molar-refractivity contribution < 1.29 is 23.5 Å². The van der Waals surface area contributed by atoms with Gasteiger partial charge in [-0.2, -0.15) is 0 Å². The van der Waals surface area contributed by atoms with E-state index in [9.17, 15) is 18.8 Å². The maximum Gasteiger partial charge on any atom is 0.236 e. The number of hydrogen-bond acceptors (Lipinski definition) is 5. The Bertz CT molecular complexity index is 806. The molecule has 162 valence electrons. The van der Waals surface area contributed by atoms with Crippen molar-refractivity contribution in [3.63, 3.8) is 0 Å². The number of piperazine rings is 1. The van der Waals surface area contributed by atoms with Crippen LogP contribution in [0, 0.1) is 11.7 Å². The van der Waals surface area contributed by atoms with Crippen molar-refractivity contribution in [1.29, 1.82) is 0 Å². The summed E-state index contributed by atoms with van der Waals surface area (Å²) in [6, 6.07) is 6.11. The van der Waals surface area contributed by atoms with E-state index in [1.807, 2.05) is 0 Å². The largest absolute Gasteiger partial charge is 0.379 e. The number of carbonyl (C=O) groups is 3. The first-order chi connectivity index (χ1) is 14.5. The number of amides is 3. The van der Waals surface area contributed by atoms with Crippen LogP contribution in [0.15, 0.2) is 24.3 Å². The molecule has 3 fully saturated rings. The third-order valence-corrected chi connectivity index (χ3v) is 6.02. The molecular formula is C21H27FN4O4. The quantitative estimate of drug-likeness (QED) is 0.698. The molecule has 1 unspecified atom stereocenters. The topological polar surface area (TPSA) is 73.4 Å². The number of hydrogen-bond donors (Lipinski definition) is 0. The molecule has 3 saturated heterocycles. The van der Waals surface area contributed by atoms with Gasteiger partial charge >= 0.3 is 0 Å². The monoisotopic (exact) mass is 418 g/mol. The van der Waals surface area contributed by atoms with E-state index in [1.54, 1.807) is 28.0 Å². The second kappa shape index (κ2) is 9.09. The number of rotatable bonds is 4.